The van der Waals surface area contributed by atoms with Gasteiger partial charge < -0.3 is 24.7 Å². The summed E-state index contributed by atoms with van der Waals surface area (Å²) in [5.41, 5.74) is 8.91. The number of anilines is 2. The number of piperazine rings is 1. The van der Waals surface area contributed by atoms with Crippen LogP contribution in [0.25, 0.3) is 33.2 Å². The maximum absolute atomic E-state index is 13.0. The highest BCUT2D eigenvalue weighted by molar-refractivity contribution is 6.35. The van der Waals surface area contributed by atoms with Crippen LogP contribution in [0, 0.1) is 0 Å². The first kappa shape index (κ1) is 23.9. The van der Waals surface area contributed by atoms with Crippen LogP contribution < -0.4 is 16.1 Å². The fourth-order valence-corrected chi connectivity index (χ4v) is 4.60. The lowest BCUT2D eigenvalue weighted by molar-refractivity contribution is 0.0240. The summed E-state index contributed by atoms with van der Waals surface area (Å²) < 4.78 is 11.4. The SMILES string of the molecule is CC(C)(C)OC(=O)N1CCN(c2ccc(-c3cc4oc5cccc(Cl)c5c(=O)c4nc3N)cc2)CC1. The monoisotopic (exact) mass is 506 g/mol. The lowest BCUT2D eigenvalue weighted by Crippen LogP contribution is -2.50. The third-order valence-corrected chi connectivity index (χ3v) is 6.44. The van der Waals surface area contributed by atoms with Crippen LogP contribution in [0.15, 0.2) is 57.7 Å². The predicted molar refractivity (Wildman–Crippen MR) is 143 cm³/mol. The van der Waals surface area contributed by atoms with E-state index in [1.807, 2.05) is 45.0 Å². The van der Waals surface area contributed by atoms with Crippen LogP contribution >= 0.6 is 11.6 Å². The molecule has 1 fully saturated rings. The molecule has 2 aromatic heterocycles. The molecule has 0 atom stereocenters. The number of nitrogens with two attached hydrogens (primary N) is 1. The Morgan fingerprint density at radius 1 is 1.06 bits per heavy atom. The molecule has 1 aliphatic heterocycles. The average Bonchev–Trinajstić information content (AvgIpc) is 2.83. The van der Waals surface area contributed by atoms with E-state index in [0.717, 1.165) is 11.3 Å². The fraction of sp³-hybridized carbons (Fsp3) is 0.296. The number of carbonyl (C=O) groups is 1. The van der Waals surface area contributed by atoms with Gasteiger partial charge in [-0.3, -0.25) is 4.79 Å². The van der Waals surface area contributed by atoms with Crippen LogP contribution in [0.5, 0.6) is 0 Å². The lowest BCUT2D eigenvalue weighted by Gasteiger charge is -2.36. The van der Waals surface area contributed by atoms with Gasteiger partial charge in [0.2, 0.25) is 5.43 Å². The van der Waals surface area contributed by atoms with Crippen LogP contribution in [0.1, 0.15) is 20.8 Å². The van der Waals surface area contributed by atoms with Crippen molar-refractivity contribution in [2.45, 2.75) is 26.4 Å². The van der Waals surface area contributed by atoms with Crippen molar-refractivity contribution in [1.82, 2.24) is 9.88 Å². The first-order chi connectivity index (χ1) is 17.1. The summed E-state index contributed by atoms with van der Waals surface area (Å²) in [4.78, 5) is 33.6. The molecule has 9 heteroatoms. The third-order valence-electron chi connectivity index (χ3n) is 6.13. The summed E-state index contributed by atoms with van der Waals surface area (Å²) in [7, 11) is 0. The Balaban J connectivity index is 1.37. The number of halogens is 1. The number of pyridine rings is 1. The van der Waals surface area contributed by atoms with E-state index in [9.17, 15) is 9.59 Å². The number of benzene rings is 2. The Morgan fingerprint density at radius 2 is 1.75 bits per heavy atom. The standard InChI is InChI=1S/C27H27ClN4O4/c1-27(2,3)36-26(34)32-13-11-31(12-14-32)17-9-7-16(8-10-17)18-15-21-23(30-25(18)29)24(33)22-19(28)5-4-6-20(22)35-21/h4-10,15H,11-14H2,1-3H3,(H2,29,30). The fourth-order valence-electron chi connectivity index (χ4n) is 4.35. The molecule has 1 saturated heterocycles. The number of aromatic nitrogens is 1. The van der Waals surface area contributed by atoms with Gasteiger partial charge in [0.05, 0.1) is 10.4 Å². The molecule has 0 saturated carbocycles. The zero-order chi connectivity index (χ0) is 25.6. The summed E-state index contributed by atoms with van der Waals surface area (Å²) >= 11 is 6.21. The molecule has 36 heavy (non-hydrogen) atoms. The number of hydrogen-bond acceptors (Lipinski definition) is 7. The summed E-state index contributed by atoms with van der Waals surface area (Å²) in [6, 6.07) is 14.8. The van der Waals surface area contributed by atoms with E-state index in [1.165, 1.54) is 0 Å². The summed E-state index contributed by atoms with van der Waals surface area (Å²) in [6.45, 7) is 8.20. The third kappa shape index (κ3) is 4.56. The quantitative estimate of drug-likeness (QED) is 0.368. The number of hydrogen-bond donors (Lipinski definition) is 1. The summed E-state index contributed by atoms with van der Waals surface area (Å²) in [6.07, 6.45) is -0.279. The molecule has 5 rings (SSSR count). The summed E-state index contributed by atoms with van der Waals surface area (Å²) in [5, 5.41) is 0.609. The highest BCUT2D eigenvalue weighted by Crippen LogP contribution is 2.31. The second-order valence-corrected chi connectivity index (χ2v) is 10.2. The van der Waals surface area contributed by atoms with Crippen molar-refractivity contribution in [3.05, 3.63) is 63.8 Å². The molecule has 2 N–H and O–H groups in total. The number of nitrogen functional groups attached to an aromatic ring is 1. The van der Waals surface area contributed by atoms with E-state index in [0.29, 0.717) is 53.3 Å². The van der Waals surface area contributed by atoms with Crippen molar-refractivity contribution < 1.29 is 13.9 Å². The van der Waals surface area contributed by atoms with Crippen molar-refractivity contribution in [2.75, 3.05) is 36.8 Å². The van der Waals surface area contributed by atoms with E-state index in [2.05, 4.69) is 9.88 Å². The minimum atomic E-state index is -0.508. The molecule has 0 spiro atoms. The van der Waals surface area contributed by atoms with Gasteiger partial charge >= 0.3 is 6.09 Å². The van der Waals surface area contributed by atoms with Crippen molar-refractivity contribution in [3.63, 3.8) is 0 Å². The Labute approximate surface area is 213 Å². The maximum Gasteiger partial charge on any atom is 0.410 e. The Kier molecular flexibility index (Phi) is 6.00. The topological polar surface area (TPSA) is 102 Å². The van der Waals surface area contributed by atoms with Gasteiger partial charge in [-0.05, 0) is 56.7 Å². The molecule has 0 radical (unpaired) electrons. The van der Waals surface area contributed by atoms with Crippen LogP contribution in [0.3, 0.4) is 0 Å². The smallest absolute Gasteiger partial charge is 0.410 e. The largest absolute Gasteiger partial charge is 0.454 e. The normalized spacial score (nSPS) is 14.4. The van der Waals surface area contributed by atoms with Gasteiger partial charge in [0.15, 0.2) is 11.1 Å². The number of nitrogens with zero attached hydrogens (tertiary/aromatic N) is 3. The molecular formula is C27H27ClN4O4. The molecule has 186 valence electrons. The van der Waals surface area contributed by atoms with E-state index in [-0.39, 0.29) is 22.9 Å². The maximum atomic E-state index is 13.0. The number of fused-ring (bicyclic) bond motifs is 2. The zero-order valence-electron chi connectivity index (χ0n) is 20.4. The number of carbonyl (C=O) groups excluding carboxylic acids is 1. The molecule has 1 amide bonds. The van der Waals surface area contributed by atoms with Crippen molar-refractivity contribution >= 4 is 51.3 Å². The van der Waals surface area contributed by atoms with Crippen molar-refractivity contribution in [1.29, 1.82) is 0 Å². The second kappa shape index (κ2) is 9.02. The van der Waals surface area contributed by atoms with Gasteiger partial charge in [-0.25, -0.2) is 9.78 Å². The minimum Gasteiger partial charge on any atom is -0.454 e. The Morgan fingerprint density at radius 3 is 2.42 bits per heavy atom. The van der Waals surface area contributed by atoms with Gasteiger partial charge in [0, 0.05) is 37.4 Å². The Bertz CT molecular complexity index is 1520. The number of amides is 1. The van der Waals surface area contributed by atoms with E-state index < -0.39 is 5.60 Å². The summed E-state index contributed by atoms with van der Waals surface area (Å²) in [5.74, 6) is 0.236. The number of ether oxygens (including phenoxy) is 1. The van der Waals surface area contributed by atoms with E-state index in [1.54, 1.807) is 29.2 Å². The Hall–Kier alpha value is -3.78. The predicted octanol–water partition coefficient (Wildman–Crippen LogP) is 5.30. The van der Waals surface area contributed by atoms with Gasteiger partial charge in [-0.2, -0.15) is 0 Å². The first-order valence-corrected chi connectivity index (χ1v) is 12.1. The van der Waals surface area contributed by atoms with Crippen LogP contribution in [-0.4, -0.2) is 47.8 Å². The second-order valence-electron chi connectivity index (χ2n) is 9.81. The lowest BCUT2D eigenvalue weighted by atomic mass is 10.0. The van der Waals surface area contributed by atoms with Gasteiger partial charge in [-0.15, -0.1) is 0 Å². The van der Waals surface area contributed by atoms with Gasteiger partial charge in [0.25, 0.3) is 0 Å². The molecule has 3 heterocycles. The van der Waals surface area contributed by atoms with Gasteiger partial charge in [-0.1, -0.05) is 29.8 Å². The molecule has 8 nitrogen and oxygen atoms in total. The molecule has 1 aliphatic rings. The van der Waals surface area contributed by atoms with E-state index >= 15 is 0 Å². The van der Waals surface area contributed by atoms with Crippen molar-refractivity contribution in [3.8, 4) is 11.1 Å². The average molecular weight is 507 g/mol. The highest BCUT2D eigenvalue weighted by atomic mass is 35.5. The van der Waals surface area contributed by atoms with Crippen LogP contribution in [0.2, 0.25) is 5.02 Å². The van der Waals surface area contributed by atoms with Crippen molar-refractivity contribution in [2.24, 2.45) is 0 Å². The molecule has 2 aromatic carbocycles. The number of rotatable bonds is 2. The highest BCUT2D eigenvalue weighted by Gasteiger charge is 2.26. The molecule has 0 aliphatic carbocycles. The van der Waals surface area contributed by atoms with Crippen LogP contribution in [0.4, 0.5) is 16.3 Å². The minimum absolute atomic E-state index is 0.149. The molecular weight excluding hydrogens is 480 g/mol. The first-order valence-electron chi connectivity index (χ1n) is 11.8. The van der Waals surface area contributed by atoms with Gasteiger partial charge in [0.1, 0.15) is 17.0 Å². The molecule has 0 bridgehead atoms. The molecule has 0 unspecified atom stereocenters. The zero-order valence-corrected chi connectivity index (χ0v) is 21.1. The molecule has 4 aromatic rings. The van der Waals surface area contributed by atoms with Crippen LogP contribution in [-0.2, 0) is 4.74 Å². The van der Waals surface area contributed by atoms with E-state index in [4.69, 9.17) is 26.5 Å².